The maximum atomic E-state index is 12.0. The number of rotatable bonds is 5. The standard InChI is InChI=1S/C18H24N2O6S2/c1-19(2,3)13-7-9-15(17(11-13)27(21,22)23)16-10-8-14(20(4,5)6)12-18(16)28(24,25)26/h7-12H,1H2,2-6H3,(H-,21,22,23,24,25,26)/p+1. The van der Waals surface area contributed by atoms with E-state index in [1.807, 2.05) is 21.1 Å². The van der Waals surface area contributed by atoms with Gasteiger partial charge in [-0.2, -0.15) is 16.8 Å². The molecule has 0 saturated carbocycles. The van der Waals surface area contributed by atoms with Crippen molar-refractivity contribution in [2.24, 2.45) is 0 Å². The van der Waals surface area contributed by atoms with Crippen molar-refractivity contribution >= 4 is 31.6 Å². The van der Waals surface area contributed by atoms with Crippen LogP contribution in [0, 0.1) is 7.05 Å². The largest absolute Gasteiger partial charge is 0.429 e. The average Bonchev–Trinajstić information content (AvgIpc) is 2.50. The minimum atomic E-state index is -4.68. The van der Waals surface area contributed by atoms with Gasteiger partial charge in [0, 0.05) is 37.4 Å². The molecule has 0 aliphatic rings. The molecule has 0 amide bonds. The highest BCUT2D eigenvalue weighted by Gasteiger charge is 2.27. The second-order valence-corrected chi connectivity index (χ2v) is 10.8. The molecule has 2 aromatic rings. The summed E-state index contributed by atoms with van der Waals surface area (Å²) in [6.07, 6.45) is 0. The Labute approximate surface area is 166 Å². The molecule has 0 unspecified atom stereocenters. The van der Waals surface area contributed by atoms with E-state index in [9.17, 15) is 25.9 Å². The van der Waals surface area contributed by atoms with E-state index < -0.39 is 30.0 Å². The van der Waals surface area contributed by atoms with Crippen LogP contribution in [-0.2, 0) is 20.2 Å². The summed E-state index contributed by atoms with van der Waals surface area (Å²) in [6, 6.07) is 8.54. The van der Waals surface area contributed by atoms with Gasteiger partial charge in [0.25, 0.3) is 20.2 Å². The van der Waals surface area contributed by atoms with Crippen LogP contribution in [-0.4, -0.2) is 61.2 Å². The van der Waals surface area contributed by atoms with E-state index in [0.29, 0.717) is 11.4 Å². The molecule has 2 rings (SSSR count). The van der Waals surface area contributed by atoms with Gasteiger partial charge in [0.15, 0.2) is 0 Å². The Morgan fingerprint density at radius 1 is 0.714 bits per heavy atom. The lowest BCUT2D eigenvalue weighted by Gasteiger charge is -2.32. The first-order chi connectivity index (χ1) is 12.4. The van der Waals surface area contributed by atoms with Gasteiger partial charge in [-0.1, -0.05) is 0 Å². The van der Waals surface area contributed by atoms with Gasteiger partial charge in [-0.05, 0) is 24.3 Å². The normalized spacial score (nSPS) is 13.6. The SMILES string of the molecule is [CH2-][N+](C)(C)c1ccc(-c2ccc([N+](C)(C)C)cc2S(=O)(=O)O)c(S(=O)(=O)O)c1. The van der Waals surface area contributed by atoms with Crippen LogP contribution in [0.2, 0.25) is 0 Å². The third-order valence-electron chi connectivity index (χ3n) is 4.25. The fourth-order valence-corrected chi connectivity index (χ4v) is 4.14. The number of hydrogen-bond acceptors (Lipinski definition) is 4. The topological polar surface area (TPSA) is 109 Å². The molecular formula is C18H25N2O6S2+. The van der Waals surface area contributed by atoms with Gasteiger partial charge < -0.3 is 4.48 Å². The van der Waals surface area contributed by atoms with Crippen molar-refractivity contribution in [2.75, 3.05) is 35.2 Å². The highest BCUT2D eigenvalue weighted by molar-refractivity contribution is 7.86. The predicted molar refractivity (Wildman–Crippen MR) is 110 cm³/mol. The first-order valence-corrected chi connectivity index (χ1v) is 11.0. The summed E-state index contributed by atoms with van der Waals surface area (Å²) in [5.74, 6) is 0. The molecule has 0 atom stereocenters. The Morgan fingerprint density at radius 2 is 1.07 bits per heavy atom. The summed E-state index contributed by atoms with van der Waals surface area (Å²) >= 11 is 0. The molecule has 0 bridgehead atoms. The lowest BCUT2D eigenvalue weighted by molar-refractivity contribution is 0.475. The third-order valence-corrected chi connectivity index (χ3v) is 6.04. The van der Waals surface area contributed by atoms with E-state index in [1.54, 1.807) is 26.2 Å². The molecule has 0 aromatic heterocycles. The Hall–Kier alpha value is -1.82. The average molecular weight is 430 g/mol. The Kier molecular flexibility index (Phi) is 5.54. The van der Waals surface area contributed by atoms with Gasteiger partial charge in [0.05, 0.1) is 21.1 Å². The van der Waals surface area contributed by atoms with Crippen molar-refractivity contribution in [3.63, 3.8) is 0 Å². The van der Waals surface area contributed by atoms with Crippen LogP contribution in [0.3, 0.4) is 0 Å². The monoisotopic (exact) mass is 429 g/mol. The fraction of sp³-hybridized carbons (Fsp3) is 0.278. The van der Waals surface area contributed by atoms with E-state index in [2.05, 4.69) is 7.05 Å². The highest BCUT2D eigenvalue weighted by atomic mass is 32.2. The second kappa shape index (κ2) is 6.90. The summed E-state index contributed by atoms with van der Waals surface area (Å²) in [4.78, 5) is -0.915. The quantitative estimate of drug-likeness (QED) is 0.429. The summed E-state index contributed by atoms with van der Waals surface area (Å²) < 4.78 is 67.8. The van der Waals surface area contributed by atoms with Gasteiger partial charge in [-0.25, -0.2) is 0 Å². The van der Waals surface area contributed by atoms with Crippen LogP contribution in [0.15, 0.2) is 46.2 Å². The molecule has 2 aromatic carbocycles. The third kappa shape index (κ3) is 4.77. The first kappa shape index (κ1) is 22.5. The summed E-state index contributed by atoms with van der Waals surface area (Å²) in [5, 5.41) is 0. The lowest BCUT2D eigenvalue weighted by Crippen LogP contribution is -2.34. The van der Waals surface area contributed by atoms with Crippen LogP contribution in [0.4, 0.5) is 11.4 Å². The van der Waals surface area contributed by atoms with E-state index in [1.165, 1.54) is 24.3 Å². The maximum Gasteiger partial charge on any atom is 0.295 e. The summed E-state index contributed by atoms with van der Waals surface area (Å²) in [7, 11) is 3.40. The Balaban J connectivity index is 2.92. The van der Waals surface area contributed by atoms with Crippen LogP contribution in [0.5, 0.6) is 0 Å². The molecule has 8 nitrogen and oxygen atoms in total. The zero-order valence-corrected chi connectivity index (χ0v) is 18.0. The number of quaternary nitrogens is 2. The van der Waals surface area contributed by atoms with Crippen LogP contribution in [0.1, 0.15) is 0 Å². The van der Waals surface area contributed by atoms with E-state index in [0.717, 1.165) is 0 Å². The smallest absolute Gasteiger partial charge is 0.295 e. The first-order valence-electron chi connectivity index (χ1n) is 8.17. The van der Waals surface area contributed by atoms with Crippen molar-refractivity contribution in [2.45, 2.75) is 9.79 Å². The highest BCUT2D eigenvalue weighted by Crippen LogP contribution is 2.37. The van der Waals surface area contributed by atoms with Crippen LogP contribution in [0.25, 0.3) is 11.1 Å². The van der Waals surface area contributed by atoms with Crippen molar-refractivity contribution in [1.29, 1.82) is 0 Å². The lowest BCUT2D eigenvalue weighted by atomic mass is 10.0. The molecule has 0 fully saturated rings. The van der Waals surface area contributed by atoms with Gasteiger partial charge in [-0.15, -0.1) is 7.05 Å². The van der Waals surface area contributed by atoms with E-state index in [4.69, 9.17) is 0 Å². The predicted octanol–water partition coefficient (Wildman–Crippen LogP) is 2.40. The molecule has 0 aliphatic carbocycles. The molecule has 2 N–H and O–H groups in total. The van der Waals surface area contributed by atoms with Crippen LogP contribution >= 0.6 is 0 Å². The van der Waals surface area contributed by atoms with Crippen molar-refractivity contribution in [1.82, 2.24) is 8.97 Å². The molecule has 0 spiro atoms. The van der Waals surface area contributed by atoms with Gasteiger partial charge in [-0.3, -0.25) is 13.6 Å². The van der Waals surface area contributed by atoms with E-state index >= 15 is 0 Å². The molecule has 0 saturated heterocycles. The van der Waals surface area contributed by atoms with Gasteiger partial charge in [0.2, 0.25) is 0 Å². The minimum Gasteiger partial charge on any atom is -0.429 e. The summed E-state index contributed by atoms with van der Waals surface area (Å²) in [5.41, 5.74) is 0.984. The molecule has 0 aliphatic heterocycles. The van der Waals surface area contributed by atoms with Crippen molar-refractivity contribution in [3.05, 3.63) is 43.4 Å². The van der Waals surface area contributed by atoms with Crippen molar-refractivity contribution < 1.29 is 25.9 Å². The zero-order chi connectivity index (χ0) is 21.7. The summed E-state index contributed by atoms with van der Waals surface area (Å²) in [6.45, 7) is 0. The van der Waals surface area contributed by atoms with Gasteiger partial charge >= 0.3 is 0 Å². The van der Waals surface area contributed by atoms with E-state index in [-0.39, 0.29) is 20.1 Å². The second-order valence-electron chi connectivity index (χ2n) is 8.01. The van der Waals surface area contributed by atoms with Crippen LogP contribution < -0.4 is 8.97 Å². The van der Waals surface area contributed by atoms with Gasteiger partial charge in [0.1, 0.15) is 21.2 Å². The maximum absolute atomic E-state index is 12.0. The number of hydrogen-bond donors (Lipinski definition) is 2. The van der Waals surface area contributed by atoms with Crippen molar-refractivity contribution in [3.8, 4) is 11.1 Å². The minimum absolute atomic E-state index is 0.0340. The fourth-order valence-electron chi connectivity index (χ4n) is 2.69. The molecule has 0 radical (unpaired) electrons. The molecule has 28 heavy (non-hydrogen) atoms. The Morgan fingerprint density at radius 3 is 1.39 bits per heavy atom. The number of benzene rings is 2. The molecule has 154 valence electrons. The molecular weight excluding hydrogens is 404 g/mol. The molecule has 0 heterocycles. The number of nitrogens with zero attached hydrogens (tertiary/aromatic N) is 2. The zero-order valence-electron chi connectivity index (χ0n) is 16.4. The molecule has 10 heteroatoms. The Bertz CT molecular complexity index is 1030.